The van der Waals surface area contributed by atoms with Gasteiger partial charge in [0.1, 0.15) is 6.29 Å². The number of nitrogens with zero attached hydrogens (tertiary/aromatic N) is 1. The summed E-state index contributed by atoms with van der Waals surface area (Å²) < 4.78 is 0. The van der Waals surface area contributed by atoms with Crippen LogP contribution in [0.5, 0.6) is 0 Å². The van der Waals surface area contributed by atoms with E-state index < -0.39 is 0 Å². The first kappa shape index (κ1) is 11.1. The number of carbonyl (C=O) groups excluding carboxylic acids is 1. The molecule has 0 N–H and O–H groups in total. The zero-order valence-corrected chi connectivity index (χ0v) is 9.82. The molecule has 0 spiro atoms. The minimum atomic E-state index is 0.699. The Morgan fingerprint density at radius 2 is 1.93 bits per heavy atom. The van der Waals surface area contributed by atoms with Crippen LogP contribution in [0.4, 0.5) is 0 Å². The second kappa shape index (κ2) is 5.11. The van der Waals surface area contributed by atoms with Crippen LogP contribution in [-0.4, -0.2) is 30.8 Å². The largest absolute Gasteiger partial charge is 0.303 e. The number of likely N-dealkylation sites (tertiary alicyclic amines) is 1. The maximum absolute atomic E-state index is 10.5. The van der Waals surface area contributed by atoms with Crippen molar-refractivity contribution in [1.82, 2.24) is 4.90 Å². The van der Waals surface area contributed by atoms with E-state index in [2.05, 4.69) is 11.9 Å². The van der Waals surface area contributed by atoms with Gasteiger partial charge in [-0.25, -0.2) is 0 Å². The molecule has 1 saturated heterocycles. The Bertz CT molecular complexity index is 209. The molecule has 0 amide bonds. The number of rotatable bonds is 3. The van der Waals surface area contributed by atoms with Crippen LogP contribution in [0.2, 0.25) is 0 Å². The number of carbonyl (C=O) groups is 1. The molecule has 2 heteroatoms. The van der Waals surface area contributed by atoms with Crippen LogP contribution in [0.25, 0.3) is 0 Å². The molecule has 1 unspecified atom stereocenters. The van der Waals surface area contributed by atoms with Crippen molar-refractivity contribution in [2.24, 2.45) is 11.8 Å². The molecular formula is C13H23NO. The van der Waals surface area contributed by atoms with Gasteiger partial charge in [-0.05, 0) is 64.0 Å². The van der Waals surface area contributed by atoms with Crippen molar-refractivity contribution in [3.8, 4) is 0 Å². The van der Waals surface area contributed by atoms with E-state index in [1.165, 1.54) is 45.1 Å². The quantitative estimate of drug-likeness (QED) is 0.666. The Labute approximate surface area is 93.0 Å². The van der Waals surface area contributed by atoms with E-state index in [0.717, 1.165) is 24.7 Å². The average molecular weight is 209 g/mol. The Morgan fingerprint density at radius 3 is 2.47 bits per heavy atom. The first-order valence-electron chi connectivity index (χ1n) is 6.45. The number of hydrogen-bond acceptors (Lipinski definition) is 2. The molecule has 2 aliphatic rings. The van der Waals surface area contributed by atoms with Crippen molar-refractivity contribution >= 4 is 6.29 Å². The average Bonchev–Trinajstić information content (AvgIpc) is 2.66. The topological polar surface area (TPSA) is 20.3 Å². The highest BCUT2D eigenvalue weighted by Gasteiger charge is 2.32. The van der Waals surface area contributed by atoms with Crippen LogP contribution >= 0.6 is 0 Å². The maximum atomic E-state index is 10.5. The molecule has 0 aromatic heterocycles. The van der Waals surface area contributed by atoms with Gasteiger partial charge in [-0.2, -0.15) is 0 Å². The van der Waals surface area contributed by atoms with E-state index in [9.17, 15) is 4.79 Å². The van der Waals surface area contributed by atoms with Crippen molar-refractivity contribution in [2.75, 3.05) is 13.6 Å². The highest BCUT2D eigenvalue weighted by Crippen LogP contribution is 2.36. The molecule has 1 saturated carbocycles. The van der Waals surface area contributed by atoms with Crippen LogP contribution in [0, 0.1) is 11.8 Å². The molecule has 0 bridgehead atoms. The summed E-state index contributed by atoms with van der Waals surface area (Å²) in [5, 5.41) is 0. The molecule has 15 heavy (non-hydrogen) atoms. The first-order chi connectivity index (χ1) is 7.31. The second-order valence-corrected chi connectivity index (χ2v) is 5.37. The summed E-state index contributed by atoms with van der Waals surface area (Å²) >= 11 is 0. The normalized spacial score (nSPS) is 38.1. The SMILES string of the molecule is CN1CCCC1C1CCC(CC=O)CC1. The predicted octanol–water partition coefficient (Wildman–Crippen LogP) is 2.48. The lowest BCUT2D eigenvalue weighted by molar-refractivity contribution is -0.108. The molecule has 0 aromatic rings. The van der Waals surface area contributed by atoms with Gasteiger partial charge in [0.05, 0.1) is 0 Å². The molecule has 0 aromatic carbocycles. The third-order valence-corrected chi connectivity index (χ3v) is 4.44. The van der Waals surface area contributed by atoms with E-state index in [-0.39, 0.29) is 0 Å². The summed E-state index contributed by atoms with van der Waals surface area (Å²) in [7, 11) is 2.27. The summed E-state index contributed by atoms with van der Waals surface area (Å²) in [4.78, 5) is 13.0. The van der Waals surface area contributed by atoms with Crippen molar-refractivity contribution in [3.63, 3.8) is 0 Å². The Hall–Kier alpha value is -0.370. The van der Waals surface area contributed by atoms with Crippen LogP contribution in [0.1, 0.15) is 44.9 Å². The second-order valence-electron chi connectivity index (χ2n) is 5.37. The molecule has 0 radical (unpaired) electrons. The first-order valence-corrected chi connectivity index (χ1v) is 6.45. The fourth-order valence-electron chi connectivity index (χ4n) is 3.48. The Balaban J connectivity index is 1.79. The smallest absolute Gasteiger partial charge is 0.120 e. The van der Waals surface area contributed by atoms with Crippen LogP contribution in [0.15, 0.2) is 0 Å². The fourth-order valence-corrected chi connectivity index (χ4v) is 3.48. The molecule has 2 fully saturated rings. The number of hydrogen-bond donors (Lipinski definition) is 0. The monoisotopic (exact) mass is 209 g/mol. The van der Waals surface area contributed by atoms with Gasteiger partial charge in [-0.15, -0.1) is 0 Å². The fraction of sp³-hybridized carbons (Fsp3) is 0.923. The summed E-state index contributed by atoms with van der Waals surface area (Å²) in [5.74, 6) is 1.62. The van der Waals surface area contributed by atoms with Gasteiger partial charge < -0.3 is 9.69 Å². The van der Waals surface area contributed by atoms with Gasteiger partial charge in [-0.1, -0.05) is 0 Å². The summed E-state index contributed by atoms with van der Waals surface area (Å²) in [6.07, 6.45) is 9.97. The highest BCUT2D eigenvalue weighted by molar-refractivity contribution is 5.49. The summed E-state index contributed by atoms with van der Waals surface area (Å²) in [6.45, 7) is 1.29. The van der Waals surface area contributed by atoms with Gasteiger partial charge in [0.15, 0.2) is 0 Å². The molecule has 1 aliphatic heterocycles. The van der Waals surface area contributed by atoms with Crippen molar-refractivity contribution in [3.05, 3.63) is 0 Å². The molecule has 2 nitrogen and oxygen atoms in total. The third kappa shape index (κ3) is 2.60. The van der Waals surface area contributed by atoms with Crippen molar-refractivity contribution < 1.29 is 4.79 Å². The van der Waals surface area contributed by atoms with Crippen LogP contribution in [-0.2, 0) is 4.79 Å². The Kier molecular flexibility index (Phi) is 3.79. The molecule has 1 atom stereocenters. The standard InChI is InChI=1S/C13H23NO/c1-14-9-2-3-13(14)12-6-4-11(5-7-12)8-10-15/h10-13H,2-9H2,1H3. The van der Waals surface area contributed by atoms with Gasteiger partial charge in [0.2, 0.25) is 0 Å². The lowest BCUT2D eigenvalue weighted by atomic mass is 9.77. The lowest BCUT2D eigenvalue weighted by Crippen LogP contribution is -2.34. The van der Waals surface area contributed by atoms with Crippen molar-refractivity contribution in [2.45, 2.75) is 51.0 Å². The molecule has 1 aliphatic carbocycles. The minimum absolute atomic E-state index is 0.699. The van der Waals surface area contributed by atoms with Gasteiger partial charge in [0.25, 0.3) is 0 Å². The molecule has 86 valence electrons. The van der Waals surface area contributed by atoms with E-state index in [4.69, 9.17) is 0 Å². The zero-order chi connectivity index (χ0) is 10.7. The van der Waals surface area contributed by atoms with Crippen LogP contribution in [0.3, 0.4) is 0 Å². The van der Waals surface area contributed by atoms with E-state index in [1.54, 1.807) is 0 Å². The Morgan fingerprint density at radius 1 is 1.20 bits per heavy atom. The molecule has 2 rings (SSSR count). The van der Waals surface area contributed by atoms with Gasteiger partial charge in [0, 0.05) is 12.5 Å². The minimum Gasteiger partial charge on any atom is -0.303 e. The zero-order valence-electron chi connectivity index (χ0n) is 9.82. The lowest BCUT2D eigenvalue weighted by Gasteiger charge is -2.34. The molecular weight excluding hydrogens is 186 g/mol. The number of aldehydes is 1. The summed E-state index contributed by atoms with van der Waals surface area (Å²) in [5.41, 5.74) is 0. The molecule has 1 heterocycles. The summed E-state index contributed by atoms with van der Waals surface area (Å²) in [6, 6.07) is 0.849. The van der Waals surface area contributed by atoms with Gasteiger partial charge in [-0.3, -0.25) is 0 Å². The van der Waals surface area contributed by atoms with Crippen molar-refractivity contribution in [1.29, 1.82) is 0 Å². The predicted molar refractivity (Wildman–Crippen MR) is 61.8 cm³/mol. The highest BCUT2D eigenvalue weighted by atomic mass is 16.1. The van der Waals surface area contributed by atoms with E-state index in [0.29, 0.717) is 5.92 Å². The van der Waals surface area contributed by atoms with E-state index in [1.807, 2.05) is 0 Å². The van der Waals surface area contributed by atoms with Crippen LogP contribution < -0.4 is 0 Å². The van der Waals surface area contributed by atoms with Gasteiger partial charge >= 0.3 is 0 Å². The maximum Gasteiger partial charge on any atom is 0.120 e. The third-order valence-electron chi connectivity index (χ3n) is 4.44. The van der Waals surface area contributed by atoms with E-state index >= 15 is 0 Å².